The second-order valence-corrected chi connectivity index (χ2v) is 5.59. The highest BCUT2D eigenvalue weighted by Crippen LogP contribution is 2.34. The van der Waals surface area contributed by atoms with Crippen molar-refractivity contribution >= 4 is 29.3 Å². The summed E-state index contributed by atoms with van der Waals surface area (Å²) in [6, 6.07) is 7.43. The van der Waals surface area contributed by atoms with Crippen LogP contribution in [0, 0.1) is 0 Å². The van der Waals surface area contributed by atoms with E-state index >= 15 is 0 Å². The second kappa shape index (κ2) is 5.19. The van der Waals surface area contributed by atoms with Crippen LogP contribution in [0.25, 0.3) is 11.3 Å². The van der Waals surface area contributed by atoms with Gasteiger partial charge in [-0.15, -0.1) is 11.8 Å². The van der Waals surface area contributed by atoms with E-state index in [0.717, 1.165) is 17.0 Å². The van der Waals surface area contributed by atoms with Gasteiger partial charge in [-0.05, 0) is 12.1 Å². The van der Waals surface area contributed by atoms with E-state index in [1.54, 1.807) is 12.4 Å². The minimum Gasteiger partial charge on any atom is -0.338 e. The zero-order valence-corrected chi connectivity index (χ0v) is 11.4. The van der Waals surface area contributed by atoms with Crippen LogP contribution >= 0.6 is 23.4 Å². The predicted molar refractivity (Wildman–Crippen MR) is 75.8 cm³/mol. The summed E-state index contributed by atoms with van der Waals surface area (Å²) >= 11 is 7.41. The third kappa shape index (κ3) is 2.57. The van der Waals surface area contributed by atoms with Crippen LogP contribution in [0.15, 0.2) is 36.7 Å². The smallest absolute Gasteiger partial charge is 0.231 e. The topological polar surface area (TPSA) is 54.9 Å². The molecule has 3 rings (SSSR count). The van der Waals surface area contributed by atoms with Gasteiger partial charge in [-0.3, -0.25) is 14.8 Å². The third-order valence-corrected chi connectivity index (χ3v) is 4.12. The van der Waals surface area contributed by atoms with Gasteiger partial charge in [-0.1, -0.05) is 23.7 Å². The molecule has 19 heavy (non-hydrogen) atoms. The van der Waals surface area contributed by atoms with E-state index in [9.17, 15) is 4.79 Å². The van der Waals surface area contributed by atoms with E-state index in [4.69, 9.17) is 11.6 Å². The van der Waals surface area contributed by atoms with Crippen molar-refractivity contribution in [2.45, 2.75) is 5.37 Å². The van der Waals surface area contributed by atoms with Crippen LogP contribution in [0.1, 0.15) is 11.1 Å². The molecule has 2 heterocycles. The molecule has 0 spiro atoms. The first-order valence-corrected chi connectivity index (χ1v) is 7.14. The van der Waals surface area contributed by atoms with Crippen LogP contribution in [0.5, 0.6) is 0 Å². The van der Waals surface area contributed by atoms with Crippen LogP contribution in [-0.2, 0) is 4.79 Å². The molecule has 1 aliphatic rings. The monoisotopic (exact) mass is 291 g/mol. The molecular formula is C13H10ClN3OS. The molecule has 1 aromatic carbocycles. The molecule has 2 aromatic rings. The molecule has 96 valence electrons. The summed E-state index contributed by atoms with van der Waals surface area (Å²) in [7, 11) is 0. The Morgan fingerprint density at radius 3 is 2.63 bits per heavy atom. The zero-order valence-electron chi connectivity index (χ0n) is 9.84. The molecule has 1 N–H and O–H groups in total. The number of aromatic nitrogens is 2. The van der Waals surface area contributed by atoms with E-state index in [1.165, 1.54) is 11.8 Å². The molecule has 0 bridgehead atoms. The van der Waals surface area contributed by atoms with E-state index < -0.39 is 0 Å². The predicted octanol–water partition coefficient (Wildman–Crippen LogP) is 2.66. The Hall–Kier alpha value is -1.59. The molecule has 4 nitrogen and oxygen atoms in total. The number of carbonyl (C=O) groups excluding carboxylic acids is 1. The second-order valence-electron chi connectivity index (χ2n) is 4.06. The summed E-state index contributed by atoms with van der Waals surface area (Å²) < 4.78 is 0. The van der Waals surface area contributed by atoms with Crippen LogP contribution in [0.2, 0.25) is 5.02 Å². The average molecular weight is 292 g/mol. The lowest BCUT2D eigenvalue weighted by Crippen LogP contribution is -2.20. The highest BCUT2D eigenvalue weighted by atomic mass is 35.5. The fourth-order valence-electron chi connectivity index (χ4n) is 1.91. The van der Waals surface area contributed by atoms with Gasteiger partial charge in [0.1, 0.15) is 5.37 Å². The van der Waals surface area contributed by atoms with Crippen LogP contribution in [0.4, 0.5) is 0 Å². The first-order valence-electron chi connectivity index (χ1n) is 5.72. The first-order chi connectivity index (χ1) is 9.24. The van der Waals surface area contributed by atoms with Crippen molar-refractivity contribution in [3.63, 3.8) is 0 Å². The SMILES string of the molecule is O=C1CSC(c2nccnc2-c2ccc(Cl)cc2)N1. The van der Waals surface area contributed by atoms with Crippen molar-refractivity contribution in [2.24, 2.45) is 0 Å². The van der Waals surface area contributed by atoms with E-state index in [1.807, 2.05) is 24.3 Å². The largest absolute Gasteiger partial charge is 0.338 e. The molecule has 1 saturated heterocycles. The fourth-order valence-corrected chi connectivity index (χ4v) is 2.98. The summed E-state index contributed by atoms with van der Waals surface area (Å²) in [5.41, 5.74) is 2.49. The van der Waals surface area contributed by atoms with Gasteiger partial charge >= 0.3 is 0 Å². The Morgan fingerprint density at radius 1 is 1.21 bits per heavy atom. The van der Waals surface area contributed by atoms with E-state index in [2.05, 4.69) is 15.3 Å². The van der Waals surface area contributed by atoms with Crippen LogP contribution in [0.3, 0.4) is 0 Å². The summed E-state index contributed by atoms with van der Waals surface area (Å²) in [4.78, 5) is 20.1. The van der Waals surface area contributed by atoms with Crippen molar-refractivity contribution in [3.8, 4) is 11.3 Å². The normalized spacial score (nSPS) is 18.4. The molecule has 0 saturated carbocycles. The molecular weight excluding hydrogens is 282 g/mol. The molecule has 6 heteroatoms. The molecule has 1 aromatic heterocycles. The summed E-state index contributed by atoms with van der Waals surface area (Å²) in [5.74, 6) is 0.490. The summed E-state index contributed by atoms with van der Waals surface area (Å²) in [6.45, 7) is 0. The maximum Gasteiger partial charge on any atom is 0.231 e. The number of carbonyl (C=O) groups is 1. The van der Waals surface area contributed by atoms with Gasteiger partial charge in [-0.2, -0.15) is 0 Å². The van der Waals surface area contributed by atoms with Gasteiger partial charge in [0, 0.05) is 23.0 Å². The number of hydrogen-bond acceptors (Lipinski definition) is 4. The quantitative estimate of drug-likeness (QED) is 0.924. The number of hydrogen-bond donors (Lipinski definition) is 1. The number of amides is 1. The molecule has 1 unspecified atom stereocenters. The molecule has 1 aliphatic heterocycles. The zero-order chi connectivity index (χ0) is 13.2. The van der Waals surface area contributed by atoms with E-state index in [-0.39, 0.29) is 11.3 Å². The molecule has 0 aliphatic carbocycles. The Bertz CT molecular complexity index is 618. The Morgan fingerprint density at radius 2 is 1.95 bits per heavy atom. The van der Waals surface area contributed by atoms with Gasteiger partial charge in [0.2, 0.25) is 5.91 Å². The van der Waals surface area contributed by atoms with Crippen LogP contribution < -0.4 is 5.32 Å². The number of halogens is 1. The van der Waals surface area contributed by atoms with Crippen LogP contribution in [-0.4, -0.2) is 21.6 Å². The Balaban J connectivity index is 2.02. The number of nitrogens with zero attached hydrogens (tertiary/aromatic N) is 2. The Kier molecular flexibility index (Phi) is 3.40. The first kappa shape index (κ1) is 12.4. The van der Waals surface area contributed by atoms with Crippen molar-refractivity contribution in [2.75, 3.05) is 5.75 Å². The van der Waals surface area contributed by atoms with Crippen molar-refractivity contribution in [3.05, 3.63) is 47.4 Å². The van der Waals surface area contributed by atoms with Gasteiger partial charge in [0.05, 0.1) is 17.1 Å². The maximum absolute atomic E-state index is 11.3. The van der Waals surface area contributed by atoms with Gasteiger partial charge in [0.15, 0.2) is 0 Å². The maximum atomic E-state index is 11.3. The highest BCUT2D eigenvalue weighted by Gasteiger charge is 2.27. The number of rotatable bonds is 2. The lowest BCUT2D eigenvalue weighted by atomic mass is 10.1. The van der Waals surface area contributed by atoms with Gasteiger partial charge in [-0.25, -0.2) is 0 Å². The average Bonchev–Trinajstić information content (AvgIpc) is 2.86. The number of nitrogens with one attached hydrogen (secondary N) is 1. The van der Waals surface area contributed by atoms with Gasteiger partial charge in [0.25, 0.3) is 0 Å². The molecule has 1 atom stereocenters. The standard InChI is InChI=1S/C13H10ClN3OS/c14-9-3-1-8(2-4-9)11-12(16-6-5-15-11)13-17-10(18)7-19-13/h1-6,13H,7H2,(H,17,18). The summed E-state index contributed by atoms with van der Waals surface area (Å²) in [6.07, 6.45) is 3.29. The summed E-state index contributed by atoms with van der Waals surface area (Å²) in [5, 5.41) is 3.43. The third-order valence-electron chi connectivity index (χ3n) is 2.77. The highest BCUT2D eigenvalue weighted by molar-refractivity contribution is 8.00. The van der Waals surface area contributed by atoms with E-state index in [0.29, 0.717) is 10.8 Å². The lowest BCUT2D eigenvalue weighted by Gasteiger charge is -2.12. The fraction of sp³-hybridized carbons (Fsp3) is 0.154. The minimum absolute atomic E-state index is 0.0303. The van der Waals surface area contributed by atoms with Crippen molar-refractivity contribution in [1.82, 2.24) is 15.3 Å². The van der Waals surface area contributed by atoms with Crippen molar-refractivity contribution in [1.29, 1.82) is 0 Å². The Labute approximate surface area is 119 Å². The number of benzene rings is 1. The minimum atomic E-state index is -0.133. The number of thioether (sulfide) groups is 1. The molecule has 1 fully saturated rings. The van der Waals surface area contributed by atoms with Crippen molar-refractivity contribution < 1.29 is 4.79 Å². The molecule has 0 radical (unpaired) electrons. The molecule has 1 amide bonds. The van der Waals surface area contributed by atoms with Gasteiger partial charge < -0.3 is 5.32 Å². The lowest BCUT2D eigenvalue weighted by molar-refractivity contribution is -0.118.